The zero-order valence-corrected chi connectivity index (χ0v) is 16.3. The molecule has 1 aliphatic rings. The van der Waals surface area contributed by atoms with Crippen molar-refractivity contribution in [1.82, 2.24) is 10.2 Å². The molecule has 2 aromatic rings. The van der Waals surface area contributed by atoms with Crippen LogP contribution in [0, 0.1) is 10.1 Å². The van der Waals surface area contributed by atoms with Crippen LogP contribution in [0.5, 0.6) is 5.75 Å². The van der Waals surface area contributed by atoms with E-state index in [9.17, 15) is 14.9 Å². The van der Waals surface area contributed by atoms with Crippen LogP contribution in [-0.4, -0.2) is 42.0 Å². The second kappa shape index (κ2) is 9.03. The van der Waals surface area contributed by atoms with Gasteiger partial charge >= 0.3 is 0 Å². The Hall–Kier alpha value is -2.64. The highest BCUT2D eigenvalue weighted by atomic mass is 35.5. The fourth-order valence-corrected chi connectivity index (χ4v) is 3.64. The van der Waals surface area contributed by atoms with Gasteiger partial charge in [0.05, 0.1) is 22.6 Å². The fraction of sp³-hybridized carbons (Fsp3) is 0.350. The van der Waals surface area contributed by atoms with E-state index in [4.69, 9.17) is 16.3 Å². The predicted molar refractivity (Wildman–Crippen MR) is 107 cm³/mol. The van der Waals surface area contributed by atoms with Gasteiger partial charge in [0.25, 0.3) is 11.6 Å². The highest BCUT2D eigenvalue weighted by Gasteiger charge is 2.23. The lowest BCUT2D eigenvalue weighted by atomic mass is 10.0. The lowest BCUT2D eigenvalue weighted by Gasteiger charge is -2.32. The third-order valence-corrected chi connectivity index (χ3v) is 5.23. The number of nitro benzene ring substituents is 1. The SMILES string of the molecule is COc1ccccc1CN1CCC(NC(=O)c2ccc([N+](=O)[O-])cc2Cl)CC1. The van der Waals surface area contributed by atoms with Crippen molar-refractivity contribution in [2.45, 2.75) is 25.4 Å². The second-order valence-electron chi connectivity index (χ2n) is 6.76. The maximum Gasteiger partial charge on any atom is 0.270 e. The average molecular weight is 404 g/mol. The molecule has 0 saturated carbocycles. The maximum atomic E-state index is 12.5. The lowest BCUT2D eigenvalue weighted by molar-refractivity contribution is -0.384. The van der Waals surface area contributed by atoms with E-state index in [0.717, 1.165) is 43.8 Å². The number of carbonyl (C=O) groups excluding carboxylic acids is 1. The van der Waals surface area contributed by atoms with Crippen LogP contribution in [0.4, 0.5) is 5.69 Å². The number of nitrogens with one attached hydrogen (secondary N) is 1. The van der Waals surface area contributed by atoms with Crippen LogP contribution in [-0.2, 0) is 6.54 Å². The van der Waals surface area contributed by atoms with Crippen LogP contribution in [0.3, 0.4) is 0 Å². The quantitative estimate of drug-likeness (QED) is 0.587. The average Bonchev–Trinajstić information content (AvgIpc) is 2.69. The molecule has 1 heterocycles. The Bertz CT molecular complexity index is 866. The molecular weight excluding hydrogens is 382 g/mol. The van der Waals surface area contributed by atoms with Gasteiger partial charge in [0.2, 0.25) is 0 Å². The molecule has 8 heteroatoms. The van der Waals surface area contributed by atoms with E-state index in [1.54, 1.807) is 7.11 Å². The molecule has 0 atom stereocenters. The highest BCUT2D eigenvalue weighted by Crippen LogP contribution is 2.24. The van der Waals surface area contributed by atoms with E-state index >= 15 is 0 Å². The number of methoxy groups -OCH3 is 1. The summed E-state index contributed by atoms with van der Waals surface area (Å²) in [6.45, 7) is 2.52. The van der Waals surface area contributed by atoms with E-state index in [1.807, 2.05) is 18.2 Å². The first-order valence-electron chi connectivity index (χ1n) is 9.07. The van der Waals surface area contributed by atoms with Crippen molar-refractivity contribution >= 4 is 23.2 Å². The number of ether oxygens (including phenoxy) is 1. The van der Waals surface area contributed by atoms with Gasteiger partial charge in [-0.1, -0.05) is 29.8 Å². The Balaban J connectivity index is 1.54. The number of nitro groups is 1. The third kappa shape index (κ3) is 4.79. The Labute approximate surface area is 168 Å². The van der Waals surface area contributed by atoms with Crippen molar-refractivity contribution in [1.29, 1.82) is 0 Å². The second-order valence-corrected chi connectivity index (χ2v) is 7.16. The first kappa shape index (κ1) is 20.1. The van der Waals surface area contributed by atoms with Crippen LogP contribution in [0.1, 0.15) is 28.8 Å². The van der Waals surface area contributed by atoms with Crippen LogP contribution in [0.25, 0.3) is 0 Å². The van der Waals surface area contributed by atoms with Crippen LogP contribution in [0.15, 0.2) is 42.5 Å². The van der Waals surface area contributed by atoms with Crippen molar-refractivity contribution < 1.29 is 14.5 Å². The fourth-order valence-electron chi connectivity index (χ4n) is 3.37. The Kier molecular flexibility index (Phi) is 6.49. The molecule has 0 aromatic heterocycles. The largest absolute Gasteiger partial charge is 0.496 e. The number of hydrogen-bond donors (Lipinski definition) is 1. The number of amides is 1. The van der Waals surface area contributed by atoms with Crippen LogP contribution in [0.2, 0.25) is 5.02 Å². The summed E-state index contributed by atoms with van der Waals surface area (Å²) in [6.07, 6.45) is 1.65. The van der Waals surface area contributed by atoms with Gasteiger partial charge in [-0.3, -0.25) is 19.8 Å². The molecule has 1 saturated heterocycles. The number of carbonyl (C=O) groups is 1. The Morgan fingerprint density at radius 1 is 1.29 bits per heavy atom. The highest BCUT2D eigenvalue weighted by molar-refractivity contribution is 6.34. The summed E-state index contributed by atoms with van der Waals surface area (Å²) in [5.74, 6) is 0.578. The predicted octanol–water partition coefficient (Wildman–Crippen LogP) is 3.65. The molecule has 7 nitrogen and oxygen atoms in total. The number of non-ortho nitro benzene ring substituents is 1. The van der Waals surface area contributed by atoms with Crippen molar-refractivity contribution in [3.8, 4) is 5.75 Å². The number of rotatable bonds is 6. The van der Waals surface area contributed by atoms with Crippen molar-refractivity contribution in [3.05, 3.63) is 68.7 Å². The molecule has 1 aliphatic heterocycles. The molecule has 28 heavy (non-hydrogen) atoms. The summed E-state index contributed by atoms with van der Waals surface area (Å²) in [7, 11) is 1.67. The first-order chi connectivity index (χ1) is 13.5. The molecule has 0 bridgehead atoms. The maximum absolute atomic E-state index is 12.5. The van der Waals surface area contributed by atoms with E-state index < -0.39 is 4.92 Å². The molecular formula is C20H22ClN3O4. The molecule has 148 valence electrons. The van der Waals surface area contributed by atoms with E-state index in [1.165, 1.54) is 18.2 Å². The van der Waals surface area contributed by atoms with Gasteiger partial charge in [-0.25, -0.2) is 0 Å². The Morgan fingerprint density at radius 3 is 2.64 bits per heavy atom. The minimum absolute atomic E-state index is 0.0488. The summed E-state index contributed by atoms with van der Waals surface area (Å²) < 4.78 is 5.41. The molecule has 1 N–H and O–H groups in total. The van der Waals surface area contributed by atoms with Crippen molar-refractivity contribution in [3.63, 3.8) is 0 Å². The smallest absolute Gasteiger partial charge is 0.270 e. The number of para-hydroxylation sites is 1. The number of benzene rings is 2. The number of piperidine rings is 1. The van der Waals surface area contributed by atoms with Gasteiger partial charge in [-0.15, -0.1) is 0 Å². The topological polar surface area (TPSA) is 84.7 Å². The first-order valence-corrected chi connectivity index (χ1v) is 9.44. The summed E-state index contributed by atoms with van der Waals surface area (Å²) in [4.78, 5) is 25.1. The number of halogens is 1. The Morgan fingerprint density at radius 2 is 2.00 bits per heavy atom. The lowest BCUT2D eigenvalue weighted by Crippen LogP contribution is -2.44. The zero-order valence-electron chi connectivity index (χ0n) is 15.6. The summed E-state index contributed by atoms with van der Waals surface area (Å²) in [5, 5.41) is 13.9. The standard InChI is InChI=1S/C20H22ClN3O4/c1-28-19-5-3-2-4-14(19)13-23-10-8-15(9-11-23)22-20(25)17-7-6-16(24(26)27)12-18(17)21/h2-7,12,15H,8-11,13H2,1H3,(H,22,25). The molecule has 0 unspecified atom stereocenters. The van der Waals surface area contributed by atoms with Gasteiger partial charge in [0.1, 0.15) is 5.75 Å². The molecule has 1 amide bonds. The zero-order chi connectivity index (χ0) is 20.1. The number of nitrogens with zero attached hydrogens (tertiary/aromatic N) is 2. The number of hydrogen-bond acceptors (Lipinski definition) is 5. The van der Waals surface area contributed by atoms with Crippen molar-refractivity contribution in [2.75, 3.05) is 20.2 Å². The molecule has 0 spiro atoms. The van der Waals surface area contributed by atoms with Crippen LogP contribution < -0.4 is 10.1 Å². The van der Waals surface area contributed by atoms with Gasteiger partial charge in [-0.05, 0) is 25.0 Å². The molecule has 0 radical (unpaired) electrons. The summed E-state index contributed by atoms with van der Waals surface area (Å²) in [6, 6.07) is 11.9. The molecule has 0 aliphatic carbocycles. The molecule has 1 fully saturated rings. The van der Waals surface area contributed by atoms with Crippen molar-refractivity contribution in [2.24, 2.45) is 0 Å². The summed E-state index contributed by atoms with van der Waals surface area (Å²) in [5.41, 5.74) is 1.26. The molecule has 3 rings (SSSR count). The van der Waals surface area contributed by atoms with Gasteiger partial charge in [0.15, 0.2) is 0 Å². The van der Waals surface area contributed by atoms with Gasteiger partial charge < -0.3 is 10.1 Å². The van der Waals surface area contributed by atoms with E-state index in [2.05, 4.69) is 16.3 Å². The molecule has 2 aromatic carbocycles. The minimum Gasteiger partial charge on any atom is -0.496 e. The number of likely N-dealkylation sites (tertiary alicyclic amines) is 1. The van der Waals surface area contributed by atoms with Gasteiger partial charge in [-0.2, -0.15) is 0 Å². The van der Waals surface area contributed by atoms with E-state index in [-0.39, 0.29) is 28.2 Å². The van der Waals surface area contributed by atoms with E-state index in [0.29, 0.717) is 0 Å². The normalized spacial score (nSPS) is 15.2. The minimum atomic E-state index is -0.537. The summed E-state index contributed by atoms with van der Waals surface area (Å²) >= 11 is 6.04. The van der Waals surface area contributed by atoms with Gasteiger partial charge in [0, 0.05) is 43.4 Å². The van der Waals surface area contributed by atoms with Crippen LogP contribution >= 0.6 is 11.6 Å². The third-order valence-electron chi connectivity index (χ3n) is 4.92. The monoisotopic (exact) mass is 403 g/mol.